The molecule has 1 N–H and O–H groups in total. The molecule has 0 saturated carbocycles. The van der Waals surface area contributed by atoms with Crippen molar-refractivity contribution in [3.63, 3.8) is 0 Å². The van der Waals surface area contributed by atoms with E-state index in [9.17, 15) is 9.59 Å². The first-order valence-electron chi connectivity index (χ1n) is 10.2. The lowest BCUT2D eigenvalue weighted by Gasteiger charge is -2.35. The van der Waals surface area contributed by atoms with Crippen LogP contribution in [0.25, 0.3) is 0 Å². The van der Waals surface area contributed by atoms with Crippen LogP contribution in [0.4, 0.5) is 0 Å². The zero-order chi connectivity index (χ0) is 22.4. The lowest BCUT2D eigenvalue weighted by molar-refractivity contribution is -0.133. The summed E-state index contributed by atoms with van der Waals surface area (Å²) in [6.07, 6.45) is 0. The first kappa shape index (κ1) is 23.7. The Labute approximate surface area is 184 Å². The highest BCUT2D eigenvalue weighted by atomic mass is 32.1. The summed E-state index contributed by atoms with van der Waals surface area (Å²) < 4.78 is 11.5. The Hall–Kier alpha value is -2.61. The highest BCUT2D eigenvalue weighted by molar-refractivity contribution is 7.80. The van der Waals surface area contributed by atoms with Gasteiger partial charge in [-0.1, -0.05) is 6.07 Å². The molecular weight excluding hydrogens is 402 g/mol. The van der Waals surface area contributed by atoms with Crippen LogP contribution in [-0.4, -0.2) is 60.0 Å². The average molecular weight is 434 g/mol. The van der Waals surface area contributed by atoms with Gasteiger partial charge < -0.3 is 24.6 Å². The number of allylic oxidation sites excluding steroid dienone is 1. The van der Waals surface area contributed by atoms with E-state index in [2.05, 4.69) is 5.32 Å². The molecule has 1 unspecified atom stereocenters. The quantitative estimate of drug-likeness (QED) is 0.600. The van der Waals surface area contributed by atoms with E-state index in [4.69, 9.17) is 21.7 Å². The summed E-state index contributed by atoms with van der Waals surface area (Å²) in [5.41, 5.74) is 2.30. The van der Waals surface area contributed by atoms with Crippen molar-refractivity contribution in [3.05, 3.63) is 35.0 Å². The minimum atomic E-state index is -0.378. The Morgan fingerprint density at radius 3 is 2.40 bits per heavy atom. The topological polar surface area (TPSA) is 71.1 Å². The van der Waals surface area contributed by atoms with Gasteiger partial charge in [0.25, 0.3) is 5.91 Å². The van der Waals surface area contributed by atoms with Gasteiger partial charge in [0.15, 0.2) is 29.0 Å². The second-order valence-electron chi connectivity index (χ2n) is 6.99. The van der Waals surface area contributed by atoms with Crippen molar-refractivity contribution >= 4 is 29.0 Å². The standard InChI is InChI=1S/C22H31N3O4S/c1-7-25(8-2)19(27)13-29-17-11-10-16(12-18(17)28-9-3)21-20(15(5)26)14(4)24(6)22(30)23-21/h10-12,21H,7-9,13H2,1-6H3,(H,23,30). The fourth-order valence-corrected chi connectivity index (χ4v) is 3.70. The number of amides is 1. The van der Waals surface area contributed by atoms with E-state index < -0.39 is 0 Å². The smallest absolute Gasteiger partial charge is 0.260 e. The van der Waals surface area contributed by atoms with Gasteiger partial charge in [-0.15, -0.1) is 0 Å². The van der Waals surface area contributed by atoms with Gasteiger partial charge in [0.05, 0.1) is 12.6 Å². The SMILES string of the molecule is CCOc1cc(C2NC(=S)N(C)C(C)=C2C(C)=O)ccc1OCC(=O)N(CC)CC. The molecule has 164 valence electrons. The molecule has 0 aliphatic carbocycles. The molecule has 1 amide bonds. The molecule has 0 spiro atoms. The molecule has 1 aromatic rings. The third kappa shape index (κ3) is 5.11. The summed E-state index contributed by atoms with van der Waals surface area (Å²) in [4.78, 5) is 28.1. The van der Waals surface area contributed by atoms with E-state index in [1.807, 2.05) is 46.9 Å². The van der Waals surface area contributed by atoms with Crippen molar-refractivity contribution in [2.75, 3.05) is 33.4 Å². The molecule has 1 aromatic carbocycles. The molecular formula is C22H31N3O4S. The van der Waals surface area contributed by atoms with Gasteiger partial charge in [-0.2, -0.15) is 0 Å². The number of Topliss-reactive ketones (excluding diaryl/α,β-unsaturated/α-hetero) is 1. The number of carbonyl (C=O) groups is 2. The molecule has 1 heterocycles. The van der Waals surface area contributed by atoms with E-state index in [0.29, 0.717) is 41.9 Å². The minimum absolute atomic E-state index is 0.0255. The van der Waals surface area contributed by atoms with Crippen LogP contribution in [0.1, 0.15) is 46.2 Å². The average Bonchev–Trinajstić information content (AvgIpc) is 2.71. The molecule has 1 aliphatic rings. The second-order valence-corrected chi connectivity index (χ2v) is 7.38. The molecule has 1 atom stereocenters. The lowest BCUT2D eigenvalue weighted by atomic mass is 9.92. The van der Waals surface area contributed by atoms with Crippen LogP contribution in [-0.2, 0) is 9.59 Å². The Balaban J connectivity index is 2.35. The number of likely N-dealkylation sites (N-methyl/N-ethyl adjacent to an activating group) is 1. The fourth-order valence-electron chi connectivity index (χ4n) is 3.44. The first-order chi connectivity index (χ1) is 14.2. The van der Waals surface area contributed by atoms with Crippen molar-refractivity contribution in [2.24, 2.45) is 0 Å². The number of ether oxygens (including phenoxy) is 2. The van der Waals surface area contributed by atoms with Gasteiger partial charge in [-0.3, -0.25) is 9.59 Å². The van der Waals surface area contributed by atoms with Crippen molar-refractivity contribution in [1.82, 2.24) is 15.1 Å². The maximum atomic E-state index is 12.4. The maximum absolute atomic E-state index is 12.4. The molecule has 30 heavy (non-hydrogen) atoms. The van der Waals surface area contributed by atoms with E-state index in [-0.39, 0.29) is 24.3 Å². The number of hydrogen-bond donors (Lipinski definition) is 1. The van der Waals surface area contributed by atoms with Crippen LogP contribution in [0, 0.1) is 0 Å². The van der Waals surface area contributed by atoms with Crippen LogP contribution in [0.15, 0.2) is 29.5 Å². The second kappa shape index (κ2) is 10.4. The number of rotatable bonds is 9. The molecule has 0 fully saturated rings. The van der Waals surface area contributed by atoms with Crippen molar-refractivity contribution in [1.29, 1.82) is 0 Å². The number of carbonyl (C=O) groups excluding carboxylic acids is 2. The molecule has 0 aromatic heterocycles. The zero-order valence-electron chi connectivity index (χ0n) is 18.6. The highest BCUT2D eigenvalue weighted by Gasteiger charge is 2.31. The summed E-state index contributed by atoms with van der Waals surface area (Å²) in [5, 5.41) is 3.78. The summed E-state index contributed by atoms with van der Waals surface area (Å²) in [7, 11) is 1.83. The van der Waals surface area contributed by atoms with Gasteiger partial charge in [-0.05, 0) is 64.5 Å². The van der Waals surface area contributed by atoms with E-state index in [1.165, 1.54) is 0 Å². The third-order valence-corrected chi connectivity index (χ3v) is 5.59. The summed E-state index contributed by atoms with van der Waals surface area (Å²) >= 11 is 5.42. The van der Waals surface area contributed by atoms with Crippen molar-refractivity contribution < 1.29 is 19.1 Å². The molecule has 0 bridgehead atoms. The van der Waals surface area contributed by atoms with E-state index in [1.54, 1.807) is 22.8 Å². The molecule has 2 rings (SSSR count). The van der Waals surface area contributed by atoms with Crippen LogP contribution in [0.5, 0.6) is 11.5 Å². The Morgan fingerprint density at radius 1 is 1.17 bits per heavy atom. The molecule has 0 radical (unpaired) electrons. The monoisotopic (exact) mass is 433 g/mol. The van der Waals surface area contributed by atoms with Crippen LogP contribution in [0.2, 0.25) is 0 Å². The number of thiocarbonyl (C=S) groups is 1. The molecule has 0 saturated heterocycles. The van der Waals surface area contributed by atoms with Gasteiger partial charge in [-0.25, -0.2) is 0 Å². The maximum Gasteiger partial charge on any atom is 0.260 e. The number of benzene rings is 1. The molecule has 1 aliphatic heterocycles. The van der Waals surface area contributed by atoms with Gasteiger partial charge >= 0.3 is 0 Å². The lowest BCUT2D eigenvalue weighted by Crippen LogP contribution is -2.45. The van der Waals surface area contributed by atoms with Crippen LogP contribution >= 0.6 is 12.2 Å². The van der Waals surface area contributed by atoms with Gasteiger partial charge in [0, 0.05) is 31.4 Å². The van der Waals surface area contributed by atoms with Crippen LogP contribution in [0.3, 0.4) is 0 Å². The Kier molecular flexibility index (Phi) is 8.23. The van der Waals surface area contributed by atoms with E-state index >= 15 is 0 Å². The van der Waals surface area contributed by atoms with Gasteiger partial charge in [0.1, 0.15) is 0 Å². The van der Waals surface area contributed by atoms with Crippen molar-refractivity contribution in [3.8, 4) is 11.5 Å². The number of hydrogen-bond acceptors (Lipinski definition) is 5. The van der Waals surface area contributed by atoms with Crippen LogP contribution < -0.4 is 14.8 Å². The van der Waals surface area contributed by atoms with Crippen molar-refractivity contribution in [2.45, 2.75) is 40.7 Å². The summed E-state index contributed by atoms with van der Waals surface area (Å²) in [5.74, 6) is 0.907. The molecule has 7 nitrogen and oxygen atoms in total. The third-order valence-electron chi connectivity index (χ3n) is 5.20. The Morgan fingerprint density at radius 2 is 1.83 bits per heavy atom. The van der Waals surface area contributed by atoms with Gasteiger partial charge in [0.2, 0.25) is 0 Å². The minimum Gasteiger partial charge on any atom is -0.490 e. The Bertz CT molecular complexity index is 849. The first-order valence-corrected chi connectivity index (χ1v) is 10.6. The number of nitrogens with one attached hydrogen (secondary N) is 1. The van der Waals surface area contributed by atoms with E-state index in [0.717, 1.165) is 11.3 Å². The number of ketones is 1. The zero-order valence-corrected chi connectivity index (χ0v) is 19.4. The summed E-state index contributed by atoms with van der Waals surface area (Å²) in [6, 6.07) is 5.09. The summed E-state index contributed by atoms with van der Waals surface area (Å²) in [6.45, 7) is 10.8. The normalized spacial score (nSPS) is 16.3. The highest BCUT2D eigenvalue weighted by Crippen LogP contribution is 2.36. The number of nitrogens with zero attached hydrogens (tertiary/aromatic N) is 2. The molecule has 8 heteroatoms. The fraction of sp³-hybridized carbons (Fsp3) is 0.500. The predicted octanol–water partition coefficient (Wildman–Crippen LogP) is 3.06. The predicted molar refractivity (Wildman–Crippen MR) is 121 cm³/mol. The largest absolute Gasteiger partial charge is 0.490 e.